The number of carbonyl (C=O) groups is 1. The first-order valence-corrected chi connectivity index (χ1v) is 8.55. The van der Waals surface area contributed by atoms with E-state index in [2.05, 4.69) is 41.1 Å². The average molecular weight is 365 g/mol. The zero-order chi connectivity index (χ0) is 15.2. The Bertz CT molecular complexity index is 640. The van der Waals surface area contributed by atoms with Gasteiger partial charge in [-0.25, -0.2) is 0 Å². The minimum Gasteiger partial charge on any atom is -0.496 e. The smallest absolute Gasteiger partial charge is 0.172 e. The van der Waals surface area contributed by atoms with Crippen molar-refractivity contribution in [3.63, 3.8) is 0 Å². The third kappa shape index (κ3) is 4.61. The lowest BCUT2D eigenvalue weighted by molar-refractivity contribution is 0.102. The van der Waals surface area contributed by atoms with Crippen LogP contribution in [-0.2, 0) is 5.75 Å². The van der Waals surface area contributed by atoms with Crippen molar-refractivity contribution in [1.82, 2.24) is 0 Å². The molecular weight excluding hydrogens is 348 g/mol. The van der Waals surface area contributed by atoms with Gasteiger partial charge in [-0.1, -0.05) is 29.8 Å². The van der Waals surface area contributed by atoms with E-state index in [1.54, 1.807) is 24.9 Å². The fourth-order valence-electron chi connectivity index (χ4n) is 1.99. The third-order valence-corrected chi connectivity index (χ3v) is 4.68. The van der Waals surface area contributed by atoms with E-state index in [1.165, 1.54) is 11.1 Å². The van der Waals surface area contributed by atoms with Gasteiger partial charge >= 0.3 is 0 Å². The second-order valence-electron chi connectivity index (χ2n) is 4.75. The van der Waals surface area contributed by atoms with E-state index in [9.17, 15) is 4.79 Å². The Kier molecular flexibility index (Phi) is 5.88. The second-order valence-corrected chi connectivity index (χ2v) is 6.59. The topological polar surface area (TPSA) is 26.3 Å². The number of hydrogen-bond donors (Lipinski definition) is 0. The predicted molar refractivity (Wildman–Crippen MR) is 92.4 cm³/mol. The van der Waals surface area contributed by atoms with Crippen molar-refractivity contribution in [2.75, 3.05) is 12.9 Å². The number of aryl methyl sites for hydroxylation is 1. The van der Waals surface area contributed by atoms with E-state index in [-0.39, 0.29) is 5.78 Å². The van der Waals surface area contributed by atoms with Crippen LogP contribution in [0.3, 0.4) is 0 Å². The van der Waals surface area contributed by atoms with E-state index in [0.29, 0.717) is 11.3 Å². The highest BCUT2D eigenvalue weighted by atomic mass is 79.9. The average Bonchev–Trinajstić information content (AvgIpc) is 2.47. The van der Waals surface area contributed by atoms with E-state index < -0.39 is 0 Å². The van der Waals surface area contributed by atoms with E-state index in [1.807, 2.05) is 18.2 Å². The van der Waals surface area contributed by atoms with E-state index in [4.69, 9.17) is 4.74 Å². The van der Waals surface area contributed by atoms with Gasteiger partial charge in [-0.3, -0.25) is 4.79 Å². The number of carbonyl (C=O) groups excluding carboxylic acids is 1. The van der Waals surface area contributed by atoms with Crippen LogP contribution in [0.15, 0.2) is 46.9 Å². The normalized spacial score (nSPS) is 10.4. The van der Waals surface area contributed by atoms with Crippen LogP contribution in [0.5, 0.6) is 5.75 Å². The highest BCUT2D eigenvalue weighted by Crippen LogP contribution is 2.26. The second kappa shape index (κ2) is 7.66. The molecule has 2 nitrogen and oxygen atoms in total. The molecule has 0 saturated carbocycles. The minimum atomic E-state index is 0.135. The molecule has 0 unspecified atom stereocenters. The first kappa shape index (κ1) is 16.1. The van der Waals surface area contributed by atoms with Crippen molar-refractivity contribution < 1.29 is 9.53 Å². The van der Waals surface area contributed by atoms with Crippen molar-refractivity contribution >= 4 is 33.5 Å². The Morgan fingerprint density at radius 2 is 2.05 bits per heavy atom. The summed E-state index contributed by atoms with van der Waals surface area (Å²) in [6.45, 7) is 2.08. The van der Waals surface area contributed by atoms with Crippen molar-refractivity contribution in [3.05, 3.63) is 63.6 Å². The van der Waals surface area contributed by atoms with Gasteiger partial charge in [0.2, 0.25) is 0 Å². The third-order valence-electron chi connectivity index (χ3n) is 3.06. The molecule has 0 aromatic heterocycles. The molecule has 0 bridgehead atoms. The standard InChI is InChI=1S/C17H17BrO2S/c1-12-4-3-5-13(8-12)10-21-11-16(19)14-6-7-17(20-2)15(18)9-14/h3-9H,10-11H2,1-2H3. The summed E-state index contributed by atoms with van der Waals surface area (Å²) < 4.78 is 5.97. The quantitative estimate of drug-likeness (QED) is 0.683. The monoisotopic (exact) mass is 364 g/mol. The Balaban J connectivity index is 1.91. The van der Waals surface area contributed by atoms with Gasteiger partial charge in [0, 0.05) is 11.3 Å². The van der Waals surface area contributed by atoms with E-state index in [0.717, 1.165) is 16.0 Å². The Hall–Kier alpha value is -1.26. The molecule has 2 aromatic rings. The summed E-state index contributed by atoms with van der Waals surface area (Å²) in [6.07, 6.45) is 0. The molecule has 0 atom stereocenters. The molecule has 0 aliphatic rings. The Morgan fingerprint density at radius 3 is 2.71 bits per heavy atom. The predicted octanol–water partition coefficient (Wildman–Crippen LogP) is 4.88. The van der Waals surface area contributed by atoms with Crippen LogP contribution in [0.1, 0.15) is 21.5 Å². The summed E-state index contributed by atoms with van der Waals surface area (Å²) in [4.78, 5) is 12.2. The summed E-state index contributed by atoms with van der Waals surface area (Å²) in [5.74, 6) is 2.20. The van der Waals surface area contributed by atoms with Crippen LogP contribution in [0.2, 0.25) is 0 Å². The molecule has 0 heterocycles. The maximum Gasteiger partial charge on any atom is 0.172 e. The highest BCUT2D eigenvalue weighted by Gasteiger charge is 2.09. The van der Waals surface area contributed by atoms with Gasteiger partial charge in [-0.2, -0.15) is 0 Å². The number of rotatable bonds is 6. The zero-order valence-electron chi connectivity index (χ0n) is 12.1. The molecule has 0 saturated heterocycles. The van der Waals surface area contributed by atoms with Gasteiger partial charge in [0.05, 0.1) is 17.3 Å². The molecule has 0 amide bonds. The Morgan fingerprint density at radius 1 is 1.24 bits per heavy atom. The summed E-state index contributed by atoms with van der Waals surface area (Å²) >= 11 is 5.04. The molecule has 2 aromatic carbocycles. The van der Waals surface area contributed by atoms with Gasteiger partial charge < -0.3 is 4.74 Å². The number of methoxy groups -OCH3 is 1. The number of ketones is 1. The summed E-state index contributed by atoms with van der Waals surface area (Å²) in [5, 5.41) is 0. The van der Waals surface area contributed by atoms with E-state index >= 15 is 0 Å². The molecule has 0 aliphatic carbocycles. The number of thioether (sulfide) groups is 1. The molecule has 0 N–H and O–H groups in total. The number of ether oxygens (including phenoxy) is 1. The fourth-order valence-corrected chi connectivity index (χ4v) is 3.40. The molecule has 0 radical (unpaired) electrons. The highest BCUT2D eigenvalue weighted by molar-refractivity contribution is 9.10. The first-order valence-electron chi connectivity index (χ1n) is 6.60. The van der Waals surface area contributed by atoms with Gasteiger partial charge in [0.15, 0.2) is 5.78 Å². The maximum absolute atomic E-state index is 12.2. The van der Waals surface area contributed by atoms with Gasteiger partial charge in [0.1, 0.15) is 5.75 Å². The van der Waals surface area contributed by atoms with Crippen molar-refractivity contribution in [3.8, 4) is 5.75 Å². The SMILES string of the molecule is COc1ccc(C(=O)CSCc2cccc(C)c2)cc1Br. The fraction of sp³-hybridized carbons (Fsp3) is 0.235. The molecule has 0 aliphatic heterocycles. The van der Waals surface area contributed by atoms with Crippen molar-refractivity contribution in [2.45, 2.75) is 12.7 Å². The van der Waals surface area contributed by atoms with Gasteiger partial charge in [-0.15, -0.1) is 11.8 Å². The molecule has 4 heteroatoms. The van der Waals surface area contributed by atoms with Crippen LogP contribution in [0, 0.1) is 6.92 Å². The van der Waals surface area contributed by atoms with Crippen LogP contribution in [0.25, 0.3) is 0 Å². The molecule has 110 valence electrons. The first-order chi connectivity index (χ1) is 10.1. The molecule has 0 spiro atoms. The van der Waals surface area contributed by atoms with Crippen LogP contribution in [0.4, 0.5) is 0 Å². The summed E-state index contributed by atoms with van der Waals surface area (Å²) in [7, 11) is 1.61. The number of hydrogen-bond acceptors (Lipinski definition) is 3. The number of Topliss-reactive ketones (excluding diaryl/α,β-unsaturated/α-hetero) is 1. The maximum atomic E-state index is 12.2. The van der Waals surface area contributed by atoms with Crippen LogP contribution < -0.4 is 4.74 Å². The lowest BCUT2D eigenvalue weighted by Crippen LogP contribution is -2.03. The van der Waals surface area contributed by atoms with Crippen LogP contribution in [-0.4, -0.2) is 18.6 Å². The van der Waals surface area contributed by atoms with Gasteiger partial charge in [-0.05, 0) is 46.6 Å². The molecule has 21 heavy (non-hydrogen) atoms. The molecule has 0 fully saturated rings. The number of halogens is 1. The largest absolute Gasteiger partial charge is 0.496 e. The summed E-state index contributed by atoms with van der Waals surface area (Å²) in [6, 6.07) is 13.8. The van der Waals surface area contributed by atoms with Crippen LogP contribution >= 0.6 is 27.7 Å². The zero-order valence-corrected chi connectivity index (χ0v) is 14.5. The Labute approximate surface area is 138 Å². The summed E-state index contributed by atoms with van der Waals surface area (Å²) in [5.41, 5.74) is 3.21. The minimum absolute atomic E-state index is 0.135. The van der Waals surface area contributed by atoms with Crippen molar-refractivity contribution in [2.24, 2.45) is 0 Å². The molecular formula is C17H17BrO2S. The number of benzene rings is 2. The molecule has 2 rings (SSSR count). The lowest BCUT2D eigenvalue weighted by atomic mass is 10.1. The van der Waals surface area contributed by atoms with Gasteiger partial charge in [0.25, 0.3) is 0 Å². The lowest BCUT2D eigenvalue weighted by Gasteiger charge is -2.06. The van der Waals surface area contributed by atoms with Crippen molar-refractivity contribution in [1.29, 1.82) is 0 Å².